The van der Waals surface area contributed by atoms with Crippen molar-refractivity contribution in [2.24, 2.45) is 16.2 Å². The second-order valence-electron chi connectivity index (χ2n) is 5.52. The van der Waals surface area contributed by atoms with Crippen molar-refractivity contribution in [1.29, 1.82) is 5.26 Å². The lowest BCUT2D eigenvalue weighted by Crippen LogP contribution is -2.41. The minimum Gasteiger partial charge on any atom is -0.390 e. The molecule has 2 fully saturated rings. The zero-order valence-electron chi connectivity index (χ0n) is 8.91. The zero-order chi connectivity index (χ0) is 10.8. The molecule has 0 saturated heterocycles. The number of hydrogen-bond acceptors (Lipinski definition) is 3. The molecule has 2 aliphatic rings. The van der Waals surface area contributed by atoms with Gasteiger partial charge in [0.2, 0.25) is 0 Å². The molecule has 0 aromatic heterocycles. The van der Waals surface area contributed by atoms with Crippen LogP contribution in [0.2, 0.25) is 0 Å². The van der Waals surface area contributed by atoms with Crippen molar-refractivity contribution in [3.63, 3.8) is 0 Å². The fraction of sp³-hybridized carbons (Fsp3) is 0.909. The summed E-state index contributed by atoms with van der Waals surface area (Å²) in [4.78, 5) is 0. The average molecular weight is 195 g/mol. The number of nitriles is 1. The number of rotatable bonds is 0. The molecule has 4 unspecified atom stereocenters. The largest absolute Gasteiger partial charge is 0.390 e. The van der Waals surface area contributed by atoms with Gasteiger partial charge in [0.25, 0.3) is 0 Å². The quantitative estimate of drug-likeness (QED) is 0.607. The van der Waals surface area contributed by atoms with Crippen LogP contribution in [0.15, 0.2) is 0 Å². The summed E-state index contributed by atoms with van der Waals surface area (Å²) in [5.74, 6) is 0. The average Bonchev–Trinajstić information content (AvgIpc) is 2.39. The van der Waals surface area contributed by atoms with Gasteiger partial charge in [-0.1, -0.05) is 20.8 Å². The Morgan fingerprint density at radius 1 is 1.14 bits per heavy atom. The molecule has 2 bridgehead atoms. The van der Waals surface area contributed by atoms with E-state index >= 15 is 0 Å². The van der Waals surface area contributed by atoms with Gasteiger partial charge in [0.15, 0.2) is 0 Å². The fourth-order valence-electron chi connectivity index (χ4n) is 3.51. The summed E-state index contributed by atoms with van der Waals surface area (Å²) in [5, 5.41) is 29.2. The van der Waals surface area contributed by atoms with Crippen LogP contribution in [0, 0.1) is 27.6 Å². The smallest absolute Gasteiger partial charge is 0.0995 e. The van der Waals surface area contributed by atoms with Gasteiger partial charge in [0, 0.05) is 5.41 Å². The van der Waals surface area contributed by atoms with Gasteiger partial charge in [-0.15, -0.1) is 0 Å². The molecule has 0 spiro atoms. The Morgan fingerprint density at radius 2 is 1.71 bits per heavy atom. The van der Waals surface area contributed by atoms with Gasteiger partial charge in [-0.2, -0.15) is 5.26 Å². The Balaban J connectivity index is 2.61. The van der Waals surface area contributed by atoms with Gasteiger partial charge >= 0.3 is 0 Å². The van der Waals surface area contributed by atoms with Crippen molar-refractivity contribution < 1.29 is 10.2 Å². The molecular formula is C11H17NO2. The molecular weight excluding hydrogens is 178 g/mol. The molecule has 0 aromatic carbocycles. The highest BCUT2D eigenvalue weighted by Crippen LogP contribution is 2.71. The van der Waals surface area contributed by atoms with Crippen LogP contribution >= 0.6 is 0 Å². The summed E-state index contributed by atoms with van der Waals surface area (Å²) >= 11 is 0. The summed E-state index contributed by atoms with van der Waals surface area (Å²) < 4.78 is 0. The Bertz CT molecular complexity index is 320. The molecule has 2 aliphatic carbocycles. The molecule has 0 radical (unpaired) electrons. The summed E-state index contributed by atoms with van der Waals surface area (Å²) in [6.07, 6.45) is -0.121. The molecule has 2 saturated carbocycles. The maximum absolute atomic E-state index is 9.98. The second kappa shape index (κ2) is 2.32. The highest BCUT2D eigenvalue weighted by atomic mass is 16.3. The van der Waals surface area contributed by atoms with Crippen molar-refractivity contribution in [3.8, 4) is 6.07 Å². The van der Waals surface area contributed by atoms with Gasteiger partial charge in [0.1, 0.15) is 0 Å². The van der Waals surface area contributed by atoms with Crippen LogP contribution in [-0.4, -0.2) is 22.4 Å². The molecule has 0 heterocycles. The fourth-order valence-corrected chi connectivity index (χ4v) is 3.51. The molecule has 4 atom stereocenters. The zero-order valence-corrected chi connectivity index (χ0v) is 8.91. The third-order valence-electron chi connectivity index (χ3n) is 5.24. The third kappa shape index (κ3) is 0.656. The lowest BCUT2D eigenvalue weighted by Gasteiger charge is -2.37. The SMILES string of the molecule is CC12CCC(C#N)(C(O)C1O)C2(C)C. The molecule has 78 valence electrons. The van der Waals surface area contributed by atoms with Crippen LogP contribution in [0.3, 0.4) is 0 Å². The standard InChI is InChI=1S/C11H17NO2/c1-9(2)10(3)4-5-11(9,6-12)8(14)7(10)13/h7-8,13-14H,4-5H2,1-3H3. The van der Waals surface area contributed by atoms with E-state index in [1.807, 2.05) is 20.8 Å². The van der Waals surface area contributed by atoms with Crippen molar-refractivity contribution >= 4 is 0 Å². The summed E-state index contributed by atoms with van der Waals surface area (Å²) in [5.41, 5.74) is -1.38. The molecule has 3 nitrogen and oxygen atoms in total. The minimum atomic E-state index is -0.888. The van der Waals surface area contributed by atoms with Gasteiger partial charge in [-0.25, -0.2) is 0 Å². The number of aliphatic hydroxyl groups excluding tert-OH is 2. The van der Waals surface area contributed by atoms with Crippen LogP contribution in [-0.2, 0) is 0 Å². The predicted octanol–water partition coefficient (Wildman–Crippen LogP) is 1.06. The molecule has 0 aliphatic heterocycles. The van der Waals surface area contributed by atoms with Gasteiger partial charge in [-0.05, 0) is 18.3 Å². The Hall–Kier alpha value is -0.590. The number of fused-ring (bicyclic) bond motifs is 2. The summed E-state index contributed by atoms with van der Waals surface area (Å²) in [6.45, 7) is 5.96. The van der Waals surface area contributed by atoms with Gasteiger partial charge < -0.3 is 10.2 Å². The normalized spacial score (nSPS) is 54.6. The first kappa shape index (κ1) is 9.95. The van der Waals surface area contributed by atoms with E-state index in [-0.39, 0.29) is 10.8 Å². The van der Waals surface area contributed by atoms with E-state index in [4.69, 9.17) is 0 Å². The number of aliphatic hydroxyl groups is 2. The highest BCUT2D eigenvalue weighted by molar-refractivity contribution is 5.29. The molecule has 3 heteroatoms. The maximum Gasteiger partial charge on any atom is 0.0995 e. The van der Waals surface area contributed by atoms with E-state index in [0.29, 0.717) is 6.42 Å². The first-order valence-electron chi connectivity index (χ1n) is 5.11. The van der Waals surface area contributed by atoms with Crippen LogP contribution < -0.4 is 0 Å². The monoisotopic (exact) mass is 195 g/mol. The first-order valence-corrected chi connectivity index (χ1v) is 5.11. The molecule has 0 amide bonds. The number of hydrogen-bond donors (Lipinski definition) is 2. The predicted molar refractivity (Wildman–Crippen MR) is 51.2 cm³/mol. The second-order valence-corrected chi connectivity index (χ2v) is 5.52. The topological polar surface area (TPSA) is 64.2 Å². The molecule has 0 aromatic rings. The van der Waals surface area contributed by atoms with Crippen molar-refractivity contribution in [1.82, 2.24) is 0 Å². The molecule has 2 rings (SSSR count). The van der Waals surface area contributed by atoms with E-state index in [2.05, 4.69) is 6.07 Å². The van der Waals surface area contributed by atoms with Crippen molar-refractivity contribution in [2.45, 2.75) is 45.8 Å². The van der Waals surface area contributed by atoms with E-state index in [1.54, 1.807) is 0 Å². The maximum atomic E-state index is 9.98. The van der Waals surface area contributed by atoms with Crippen molar-refractivity contribution in [3.05, 3.63) is 0 Å². The lowest BCUT2D eigenvalue weighted by atomic mass is 9.65. The van der Waals surface area contributed by atoms with Crippen LogP contribution in [0.1, 0.15) is 33.6 Å². The minimum absolute atomic E-state index is 0.312. The Labute approximate surface area is 84.4 Å². The van der Waals surface area contributed by atoms with Gasteiger partial charge in [0.05, 0.1) is 23.7 Å². The van der Waals surface area contributed by atoms with Crippen LogP contribution in [0.5, 0.6) is 0 Å². The van der Waals surface area contributed by atoms with Crippen LogP contribution in [0.4, 0.5) is 0 Å². The van der Waals surface area contributed by atoms with E-state index in [0.717, 1.165) is 6.42 Å². The summed E-state index contributed by atoms with van der Waals surface area (Å²) in [7, 11) is 0. The lowest BCUT2D eigenvalue weighted by molar-refractivity contribution is -0.0594. The molecule has 2 N–H and O–H groups in total. The van der Waals surface area contributed by atoms with E-state index < -0.39 is 17.6 Å². The summed E-state index contributed by atoms with van der Waals surface area (Å²) in [6, 6.07) is 2.25. The van der Waals surface area contributed by atoms with Crippen molar-refractivity contribution in [2.75, 3.05) is 0 Å². The third-order valence-corrected chi connectivity index (χ3v) is 5.24. The Morgan fingerprint density at radius 3 is 2.00 bits per heavy atom. The molecule has 14 heavy (non-hydrogen) atoms. The van der Waals surface area contributed by atoms with Gasteiger partial charge in [-0.3, -0.25) is 0 Å². The van der Waals surface area contributed by atoms with Crippen LogP contribution in [0.25, 0.3) is 0 Å². The Kier molecular flexibility index (Phi) is 1.65. The van der Waals surface area contributed by atoms with E-state index in [9.17, 15) is 15.5 Å². The number of nitrogens with zero attached hydrogens (tertiary/aromatic N) is 1. The van der Waals surface area contributed by atoms with E-state index in [1.165, 1.54) is 0 Å². The first-order chi connectivity index (χ1) is 6.33. The highest BCUT2D eigenvalue weighted by Gasteiger charge is 2.74.